The van der Waals surface area contributed by atoms with Gasteiger partial charge in [0.25, 0.3) is 5.56 Å². The van der Waals surface area contributed by atoms with E-state index in [9.17, 15) is 9.59 Å². The summed E-state index contributed by atoms with van der Waals surface area (Å²) in [5.74, 6) is 0.293. The summed E-state index contributed by atoms with van der Waals surface area (Å²) < 4.78 is 7.69. The number of H-pyrrole nitrogens is 2. The van der Waals surface area contributed by atoms with Gasteiger partial charge in [-0.2, -0.15) is 0 Å². The molecular weight excluding hydrogens is 332 g/mol. The second-order valence-electron chi connectivity index (χ2n) is 6.45. The van der Waals surface area contributed by atoms with Crippen LogP contribution in [0.3, 0.4) is 0 Å². The SMILES string of the molecule is O=c1[nH]cc(CCn2cnc(-c3ccccc3)c2C2CCOC2)c(=O)[nH]1. The predicted octanol–water partition coefficient (Wildman–Crippen LogP) is 1.67. The fourth-order valence-electron chi connectivity index (χ4n) is 3.43. The fraction of sp³-hybridized carbons (Fsp3) is 0.316. The van der Waals surface area contributed by atoms with Crippen LogP contribution in [0.1, 0.15) is 23.6 Å². The zero-order chi connectivity index (χ0) is 17.9. The zero-order valence-electron chi connectivity index (χ0n) is 14.3. The number of hydrogen-bond donors (Lipinski definition) is 2. The second-order valence-corrected chi connectivity index (χ2v) is 6.45. The van der Waals surface area contributed by atoms with Gasteiger partial charge in [-0.05, 0) is 12.8 Å². The molecule has 0 bridgehead atoms. The first-order chi connectivity index (χ1) is 12.7. The Labute approximate surface area is 149 Å². The standard InChI is InChI=1S/C19H20N4O3/c24-18-14(10-20-19(25)22-18)6-8-23-12-21-16(13-4-2-1-3-5-13)17(23)15-7-9-26-11-15/h1-5,10,12,15H,6-9,11H2,(H2,20,22,24,25). The highest BCUT2D eigenvalue weighted by Crippen LogP contribution is 2.33. The Morgan fingerprint density at radius 3 is 2.81 bits per heavy atom. The largest absolute Gasteiger partial charge is 0.381 e. The molecule has 3 heterocycles. The summed E-state index contributed by atoms with van der Waals surface area (Å²) in [6.07, 6.45) is 4.78. The minimum atomic E-state index is -0.489. The van der Waals surface area contributed by atoms with Gasteiger partial charge in [-0.15, -0.1) is 0 Å². The molecule has 1 saturated heterocycles. The molecule has 1 fully saturated rings. The molecular formula is C19H20N4O3. The maximum Gasteiger partial charge on any atom is 0.325 e. The van der Waals surface area contributed by atoms with Crippen molar-refractivity contribution in [3.05, 3.63) is 75.0 Å². The lowest BCUT2D eigenvalue weighted by Crippen LogP contribution is -2.25. The number of hydrogen-bond acceptors (Lipinski definition) is 4. The van der Waals surface area contributed by atoms with Crippen LogP contribution in [-0.2, 0) is 17.7 Å². The van der Waals surface area contributed by atoms with Crippen LogP contribution in [0.5, 0.6) is 0 Å². The Kier molecular flexibility index (Phi) is 4.53. The maximum atomic E-state index is 11.9. The molecule has 1 aromatic carbocycles. The van der Waals surface area contributed by atoms with Gasteiger partial charge in [0.05, 0.1) is 24.3 Å². The van der Waals surface area contributed by atoms with Crippen LogP contribution in [0.4, 0.5) is 0 Å². The molecule has 1 aliphatic rings. The number of nitrogens with one attached hydrogen (secondary N) is 2. The van der Waals surface area contributed by atoms with Crippen molar-refractivity contribution in [2.24, 2.45) is 0 Å². The van der Waals surface area contributed by atoms with E-state index in [1.165, 1.54) is 6.20 Å². The highest BCUT2D eigenvalue weighted by atomic mass is 16.5. The summed E-state index contributed by atoms with van der Waals surface area (Å²) in [6, 6.07) is 10.1. The number of nitrogens with zero attached hydrogens (tertiary/aromatic N) is 2. The van der Waals surface area contributed by atoms with Crippen LogP contribution in [-0.4, -0.2) is 32.7 Å². The van der Waals surface area contributed by atoms with Crippen molar-refractivity contribution in [3.8, 4) is 11.3 Å². The quantitative estimate of drug-likeness (QED) is 0.730. The smallest absolute Gasteiger partial charge is 0.325 e. The van der Waals surface area contributed by atoms with Crippen LogP contribution in [0, 0.1) is 0 Å². The summed E-state index contributed by atoms with van der Waals surface area (Å²) in [6.45, 7) is 2.05. The third kappa shape index (κ3) is 3.25. The van der Waals surface area contributed by atoms with Crippen molar-refractivity contribution < 1.29 is 4.74 Å². The summed E-state index contributed by atoms with van der Waals surface area (Å²) in [7, 11) is 0. The highest BCUT2D eigenvalue weighted by molar-refractivity contribution is 5.62. The number of rotatable bonds is 5. The van der Waals surface area contributed by atoms with Crippen molar-refractivity contribution in [1.29, 1.82) is 0 Å². The minimum Gasteiger partial charge on any atom is -0.381 e. The van der Waals surface area contributed by atoms with E-state index in [-0.39, 0.29) is 5.56 Å². The molecule has 0 amide bonds. The van der Waals surface area contributed by atoms with Crippen molar-refractivity contribution in [2.75, 3.05) is 13.2 Å². The van der Waals surface area contributed by atoms with Crippen molar-refractivity contribution in [3.63, 3.8) is 0 Å². The zero-order valence-corrected chi connectivity index (χ0v) is 14.3. The Balaban J connectivity index is 1.66. The van der Waals surface area contributed by atoms with E-state index in [0.29, 0.717) is 31.1 Å². The molecule has 26 heavy (non-hydrogen) atoms. The minimum absolute atomic E-state index is 0.293. The summed E-state index contributed by atoms with van der Waals surface area (Å²) in [5.41, 5.74) is 2.91. The first-order valence-electron chi connectivity index (χ1n) is 8.71. The molecule has 3 aromatic rings. The van der Waals surface area contributed by atoms with Gasteiger partial charge in [0, 0.05) is 36.4 Å². The van der Waals surface area contributed by atoms with Crippen molar-refractivity contribution >= 4 is 0 Å². The van der Waals surface area contributed by atoms with E-state index >= 15 is 0 Å². The Bertz CT molecular complexity index is 997. The van der Waals surface area contributed by atoms with Gasteiger partial charge in [-0.3, -0.25) is 9.78 Å². The average Bonchev–Trinajstić information content (AvgIpc) is 3.31. The number of ether oxygens (including phenoxy) is 1. The van der Waals surface area contributed by atoms with Gasteiger partial charge in [0.1, 0.15) is 0 Å². The fourth-order valence-corrected chi connectivity index (χ4v) is 3.43. The molecule has 134 valence electrons. The summed E-state index contributed by atoms with van der Waals surface area (Å²) in [5, 5.41) is 0. The first-order valence-corrected chi connectivity index (χ1v) is 8.71. The van der Waals surface area contributed by atoms with Gasteiger partial charge in [-0.1, -0.05) is 30.3 Å². The lowest BCUT2D eigenvalue weighted by atomic mass is 9.99. The van der Waals surface area contributed by atoms with Crippen LogP contribution < -0.4 is 11.2 Å². The third-order valence-electron chi connectivity index (χ3n) is 4.76. The predicted molar refractivity (Wildman–Crippen MR) is 97.2 cm³/mol. The Morgan fingerprint density at radius 2 is 2.08 bits per heavy atom. The van der Waals surface area contributed by atoms with E-state index in [1.54, 1.807) is 0 Å². The average molecular weight is 352 g/mol. The second kappa shape index (κ2) is 7.13. The van der Waals surface area contributed by atoms with E-state index in [2.05, 4.69) is 31.7 Å². The summed E-state index contributed by atoms with van der Waals surface area (Å²) in [4.78, 5) is 32.5. The van der Waals surface area contributed by atoms with E-state index < -0.39 is 5.69 Å². The van der Waals surface area contributed by atoms with Gasteiger partial charge in [-0.25, -0.2) is 9.78 Å². The van der Waals surface area contributed by atoms with Crippen LogP contribution >= 0.6 is 0 Å². The van der Waals surface area contributed by atoms with E-state index in [1.807, 2.05) is 24.5 Å². The molecule has 0 radical (unpaired) electrons. The monoisotopic (exact) mass is 352 g/mol. The summed E-state index contributed by atoms with van der Waals surface area (Å²) >= 11 is 0. The molecule has 0 aliphatic carbocycles. The molecule has 1 unspecified atom stereocenters. The molecule has 7 nitrogen and oxygen atoms in total. The van der Waals surface area contributed by atoms with Crippen LogP contribution in [0.25, 0.3) is 11.3 Å². The first kappa shape index (κ1) is 16.5. The topological polar surface area (TPSA) is 92.8 Å². The lowest BCUT2D eigenvalue weighted by molar-refractivity contribution is 0.193. The third-order valence-corrected chi connectivity index (χ3v) is 4.76. The Hall–Kier alpha value is -2.93. The normalized spacial score (nSPS) is 16.8. The van der Waals surface area contributed by atoms with Crippen molar-refractivity contribution in [1.82, 2.24) is 19.5 Å². The van der Waals surface area contributed by atoms with E-state index in [4.69, 9.17) is 4.74 Å². The van der Waals surface area contributed by atoms with E-state index in [0.717, 1.165) is 30.0 Å². The molecule has 7 heteroatoms. The molecule has 2 N–H and O–H groups in total. The van der Waals surface area contributed by atoms with Crippen molar-refractivity contribution in [2.45, 2.75) is 25.3 Å². The molecule has 0 spiro atoms. The number of aromatic nitrogens is 4. The molecule has 2 aromatic heterocycles. The van der Waals surface area contributed by atoms with Crippen LogP contribution in [0.2, 0.25) is 0 Å². The number of aryl methyl sites for hydroxylation is 2. The van der Waals surface area contributed by atoms with Gasteiger partial charge < -0.3 is 14.3 Å². The lowest BCUT2D eigenvalue weighted by Gasteiger charge is -2.15. The molecule has 0 saturated carbocycles. The van der Waals surface area contributed by atoms with Gasteiger partial charge >= 0.3 is 5.69 Å². The Morgan fingerprint density at radius 1 is 1.23 bits per heavy atom. The molecule has 4 rings (SSSR count). The highest BCUT2D eigenvalue weighted by Gasteiger charge is 2.25. The number of benzene rings is 1. The number of imidazole rings is 1. The van der Waals surface area contributed by atoms with Gasteiger partial charge in [0.15, 0.2) is 0 Å². The molecule has 1 aliphatic heterocycles. The van der Waals surface area contributed by atoms with Crippen LogP contribution in [0.15, 0.2) is 52.4 Å². The maximum absolute atomic E-state index is 11.9. The molecule has 1 atom stereocenters. The number of aromatic amines is 2. The van der Waals surface area contributed by atoms with Gasteiger partial charge in [0.2, 0.25) is 0 Å².